The average molecular weight is 380 g/mol. The standard InChI is InChI=1S/C20H14F2N4S/c21-15-3-1-2-14(19(15)22)20-24-16-9-23-26(11-17(16)25-20)10-12-4-5-18-13(8-12)6-7-27-18/h1-9H,10-11H2,(H,24,25). The molecule has 134 valence electrons. The lowest BCUT2D eigenvalue weighted by Gasteiger charge is -2.21. The molecule has 0 fully saturated rings. The maximum Gasteiger partial charge on any atom is 0.169 e. The summed E-state index contributed by atoms with van der Waals surface area (Å²) in [6.07, 6.45) is 1.65. The highest BCUT2D eigenvalue weighted by Gasteiger charge is 2.20. The minimum Gasteiger partial charge on any atom is -0.340 e. The topological polar surface area (TPSA) is 44.3 Å². The third-order valence-electron chi connectivity index (χ3n) is 4.58. The van der Waals surface area contributed by atoms with Gasteiger partial charge in [0.15, 0.2) is 11.6 Å². The van der Waals surface area contributed by atoms with Crippen molar-refractivity contribution in [1.82, 2.24) is 15.0 Å². The quantitative estimate of drug-likeness (QED) is 0.548. The highest BCUT2D eigenvalue weighted by molar-refractivity contribution is 7.17. The summed E-state index contributed by atoms with van der Waals surface area (Å²) in [5, 5.41) is 9.67. The van der Waals surface area contributed by atoms with E-state index in [9.17, 15) is 8.78 Å². The van der Waals surface area contributed by atoms with E-state index in [-0.39, 0.29) is 5.56 Å². The molecule has 0 amide bonds. The van der Waals surface area contributed by atoms with Gasteiger partial charge in [0.05, 0.1) is 30.6 Å². The van der Waals surface area contributed by atoms with Gasteiger partial charge in [0.25, 0.3) is 0 Å². The summed E-state index contributed by atoms with van der Waals surface area (Å²) in [7, 11) is 0. The minimum atomic E-state index is -0.901. The molecule has 4 nitrogen and oxygen atoms in total. The fourth-order valence-corrected chi connectivity index (χ4v) is 4.02. The van der Waals surface area contributed by atoms with Crippen LogP contribution < -0.4 is 0 Å². The molecule has 1 N–H and O–H groups in total. The molecule has 7 heteroatoms. The predicted octanol–water partition coefficient (Wildman–Crippen LogP) is 4.92. The molecule has 0 spiro atoms. The summed E-state index contributed by atoms with van der Waals surface area (Å²) in [6.45, 7) is 1.18. The van der Waals surface area contributed by atoms with Crippen molar-refractivity contribution in [1.29, 1.82) is 0 Å². The number of aromatic nitrogens is 2. The predicted molar refractivity (Wildman–Crippen MR) is 103 cm³/mol. The maximum atomic E-state index is 14.0. The molecule has 2 aromatic carbocycles. The van der Waals surface area contributed by atoms with Gasteiger partial charge in [-0.2, -0.15) is 5.10 Å². The van der Waals surface area contributed by atoms with E-state index in [0.29, 0.717) is 24.6 Å². The van der Waals surface area contributed by atoms with Crippen LogP contribution in [0.1, 0.15) is 17.0 Å². The molecule has 3 heterocycles. The summed E-state index contributed by atoms with van der Waals surface area (Å²) < 4.78 is 28.8. The van der Waals surface area contributed by atoms with Crippen LogP contribution in [0.15, 0.2) is 52.9 Å². The van der Waals surface area contributed by atoms with Crippen molar-refractivity contribution in [3.05, 3.63) is 76.4 Å². The van der Waals surface area contributed by atoms with Gasteiger partial charge in [-0.1, -0.05) is 12.1 Å². The zero-order valence-electron chi connectivity index (χ0n) is 14.1. The van der Waals surface area contributed by atoms with Crippen LogP contribution in [0.5, 0.6) is 0 Å². The molecule has 1 aliphatic heterocycles. The number of imidazole rings is 1. The van der Waals surface area contributed by atoms with Crippen molar-refractivity contribution in [3.8, 4) is 11.4 Å². The Balaban J connectivity index is 1.39. The van der Waals surface area contributed by atoms with Crippen LogP contribution in [-0.4, -0.2) is 21.2 Å². The first-order valence-electron chi connectivity index (χ1n) is 8.46. The van der Waals surface area contributed by atoms with E-state index in [1.165, 1.54) is 22.2 Å². The van der Waals surface area contributed by atoms with Crippen molar-refractivity contribution in [2.75, 3.05) is 0 Å². The molecule has 4 aromatic rings. The minimum absolute atomic E-state index is 0.118. The second-order valence-corrected chi connectivity index (χ2v) is 7.36. The fourth-order valence-electron chi connectivity index (χ4n) is 3.25. The Hall–Kier alpha value is -3.06. The number of benzene rings is 2. The summed E-state index contributed by atoms with van der Waals surface area (Å²) >= 11 is 1.72. The molecule has 0 atom stereocenters. The van der Waals surface area contributed by atoms with Gasteiger partial charge in [0, 0.05) is 4.70 Å². The first-order chi connectivity index (χ1) is 13.2. The molecule has 0 aliphatic carbocycles. The van der Waals surface area contributed by atoms with Crippen molar-refractivity contribution >= 4 is 27.6 Å². The van der Waals surface area contributed by atoms with Crippen LogP contribution in [0, 0.1) is 11.6 Å². The molecule has 0 bridgehead atoms. The highest BCUT2D eigenvalue weighted by Crippen LogP contribution is 2.26. The number of halogens is 2. The number of nitrogens with zero attached hydrogens (tertiary/aromatic N) is 3. The summed E-state index contributed by atoms with van der Waals surface area (Å²) in [5.74, 6) is -1.48. The Morgan fingerprint density at radius 3 is 3.00 bits per heavy atom. The first kappa shape index (κ1) is 16.1. The number of H-pyrrole nitrogens is 1. The van der Waals surface area contributed by atoms with Crippen LogP contribution in [-0.2, 0) is 13.1 Å². The van der Waals surface area contributed by atoms with Gasteiger partial charge in [-0.15, -0.1) is 11.3 Å². The van der Waals surface area contributed by atoms with Crippen LogP contribution in [0.4, 0.5) is 8.78 Å². The van der Waals surface area contributed by atoms with E-state index < -0.39 is 11.6 Å². The summed E-state index contributed by atoms with van der Waals surface area (Å²) in [6, 6.07) is 12.6. The second-order valence-electron chi connectivity index (χ2n) is 6.41. The van der Waals surface area contributed by atoms with Gasteiger partial charge in [0.1, 0.15) is 11.5 Å². The van der Waals surface area contributed by atoms with Crippen LogP contribution in [0.3, 0.4) is 0 Å². The van der Waals surface area contributed by atoms with Crippen LogP contribution in [0.2, 0.25) is 0 Å². The molecular formula is C20H14F2N4S. The molecule has 1 aliphatic rings. The lowest BCUT2D eigenvalue weighted by atomic mass is 10.1. The molecule has 0 saturated carbocycles. The zero-order valence-corrected chi connectivity index (χ0v) is 14.9. The SMILES string of the molecule is Fc1cccc(-c2nc3c([nH]2)CN(Cc2ccc4sccc4c2)N=C3)c1F. The largest absolute Gasteiger partial charge is 0.340 e. The number of hydrogen-bond acceptors (Lipinski definition) is 4. The normalized spacial score (nSPS) is 13.3. The van der Waals surface area contributed by atoms with E-state index in [1.54, 1.807) is 17.6 Å². The van der Waals surface area contributed by atoms with Gasteiger partial charge in [-0.25, -0.2) is 13.8 Å². The number of rotatable bonds is 3. The number of thiophene rings is 1. The Labute approximate surface area is 157 Å². The van der Waals surface area contributed by atoms with E-state index >= 15 is 0 Å². The Kier molecular flexibility index (Phi) is 3.75. The van der Waals surface area contributed by atoms with Gasteiger partial charge >= 0.3 is 0 Å². The molecule has 2 aromatic heterocycles. The number of nitrogens with one attached hydrogen (secondary N) is 1. The third-order valence-corrected chi connectivity index (χ3v) is 5.48. The average Bonchev–Trinajstić information content (AvgIpc) is 3.29. The van der Waals surface area contributed by atoms with Crippen LogP contribution in [0.25, 0.3) is 21.5 Å². The third kappa shape index (κ3) is 2.90. The van der Waals surface area contributed by atoms with Crippen molar-refractivity contribution in [2.45, 2.75) is 13.1 Å². The zero-order chi connectivity index (χ0) is 18.4. The summed E-state index contributed by atoms with van der Waals surface area (Å²) in [5.41, 5.74) is 2.77. The lowest BCUT2D eigenvalue weighted by Crippen LogP contribution is -2.21. The molecular weight excluding hydrogens is 366 g/mol. The summed E-state index contributed by atoms with van der Waals surface area (Å²) in [4.78, 5) is 7.47. The number of hydrogen-bond donors (Lipinski definition) is 1. The van der Waals surface area contributed by atoms with Crippen molar-refractivity contribution in [3.63, 3.8) is 0 Å². The number of aromatic amines is 1. The van der Waals surface area contributed by atoms with Crippen molar-refractivity contribution in [2.24, 2.45) is 5.10 Å². The fraction of sp³-hybridized carbons (Fsp3) is 0.100. The molecule has 0 saturated heterocycles. The monoisotopic (exact) mass is 380 g/mol. The highest BCUT2D eigenvalue weighted by atomic mass is 32.1. The first-order valence-corrected chi connectivity index (χ1v) is 9.34. The Bertz CT molecular complexity index is 1180. The van der Waals surface area contributed by atoms with Gasteiger partial charge in [-0.3, -0.25) is 5.01 Å². The van der Waals surface area contributed by atoms with E-state index in [4.69, 9.17) is 0 Å². The van der Waals surface area contributed by atoms with Crippen molar-refractivity contribution < 1.29 is 8.78 Å². The van der Waals surface area contributed by atoms with E-state index in [0.717, 1.165) is 17.3 Å². The van der Waals surface area contributed by atoms with Crippen LogP contribution >= 0.6 is 11.3 Å². The van der Waals surface area contributed by atoms with E-state index in [1.807, 2.05) is 5.01 Å². The Morgan fingerprint density at radius 1 is 1.15 bits per heavy atom. The molecule has 27 heavy (non-hydrogen) atoms. The smallest absolute Gasteiger partial charge is 0.169 e. The number of hydrazone groups is 1. The Morgan fingerprint density at radius 2 is 2.07 bits per heavy atom. The van der Waals surface area contributed by atoms with Gasteiger partial charge in [0.2, 0.25) is 0 Å². The molecule has 5 rings (SSSR count). The maximum absolute atomic E-state index is 14.0. The van der Waals surface area contributed by atoms with Gasteiger partial charge in [-0.05, 0) is 46.7 Å². The lowest BCUT2D eigenvalue weighted by molar-refractivity contribution is 0.265. The molecule has 0 unspecified atom stereocenters. The van der Waals surface area contributed by atoms with Gasteiger partial charge < -0.3 is 4.98 Å². The molecule has 0 radical (unpaired) electrons. The number of fused-ring (bicyclic) bond motifs is 2. The van der Waals surface area contributed by atoms with E-state index in [2.05, 4.69) is 44.7 Å². The second kappa shape index (κ2) is 6.28.